The van der Waals surface area contributed by atoms with E-state index in [1.807, 2.05) is 30.5 Å². The van der Waals surface area contributed by atoms with E-state index in [-0.39, 0.29) is 13.1 Å². The molecule has 0 heterocycles. The summed E-state index contributed by atoms with van der Waals surface area (Å²) in [6.45, 7) is 5.24. The fourth-order valence-electron chi connectivity index (χ4n) is 1.62. The molecule has 7 heteroatoms. The van der Waals surface area contributed by atoms with Crippen LogP contribution >= 0.6 is 11.8 Å². The van der Waals surface area contributed by atoms with Crippen LogP contribution in [0.4, 0.5) is 0 Å². The number of carbonyl (C=O) groups is 1. The third kappa shape index (κ3) is 7.08. The van der Waals surface area contributed by atoms with Crippen LogP contribution in [0.15, 0.2) is 29.2 Å². The lowest BCUT2D eigenvalue weighted by atomic mass is 10.2. The van der Waals surface area contributed by atoms with E-state index in [0.29, 0.717) is 0 Å². The lowest BCUT2D eigenvalue weighted by Crippen LogP contribution is -2.35. The molecule has 0 saturated carbocycles. The molecule has 0 aromatic heterocycles. The standard InChI is InChI=1S/C14H21NO4S2/c1-14(2,3)19-13(16)10-15(21(17)18)9-11-5-7-12(20-4)8-6-11/h5-8H,9-10H2,1-4H3,(H,17,18). The van der Waals surface area contributed by atoms with Gasteiger partial charge in [0, 0.05) is 11.4 Å². The van der Waals surface area contributed by atoms with E-state index in [9.17, 15) is 13.6 Å². The highest BCUT2D eigenvalue weighted by Crippen LogP contribution is 2.16. The highest BCUT2D eigenvalue weighted by molar-refractivity contribution is 7.98. The SMILES string of the molecule is CSc1ccc(CN(CC(=O)OC(C)(C)C)S(=O)O)cc1. The lowest BCUT2D eigenvalue weighted by Gasteiger charge is -2.22. The zero-order valence-corrected chi connectivity index (χ0v) is 14.3. The van der Waals surface area contributed by atoms with Crippen molar-refractivity contribution in [1.82, 2.24) is 4.31 Å². The van der Waals surface area contributed by atoms with Crippen LogP contribution in [-0.2, 0) is 27.3 Å². The summed E-state index contributed by atoms with van der Waals surface area (Å²) >= 11 is -0.610. The Morgan fingerprint density at radius 3 is 2.33 bits per heavy atom. The predicted molar refractivity (Wildman–Crippen MR) is 85.2 cm³/mol. The average molecular weight is 331 g/mol. The molecule has 0 amide bonds. The maximum atomic E-state index is 11.8. The Balaban J connectivity index is 2.69. The first-order valence-electron chi connectivity index (χ1n) is 6.42. The minimum absolute atomic E-state index is 0.205. The molecule has 1 atom stereocenters. The van der Waals surface area contributed by atoms with Crippen molar-refractivity contribution in [1.29, 1.82) is 0 Å². The third-order valence-electron chi connectivity index (χ3n) is 2.46. The van der Waals surface area contributed by atoms with E-state index in [0.717, 1.165) is 14.8 Å². The van der Waals surface area contributed by atoms with Crippen molar-refractivity contribution < 1.29 is 18.3 Å². The number of hydrogen-bond donors (Lipinski definition) is 1. The molecule has 1 N–H and O–H groups in total. The van der Waals surface area contributed by atoms with E-state index in [4.69, 9.17) is 4.74 Å². The molecule has 0 bridgehead atoms. The predicted octanol–water partition coefficient (Wildman–Crippen LogP) is 2.69. The van der Waals surface area contributed by atoms with Crippen molar-refractivity contribution in [2.24, 2.45) is 0 Å². The van der Waals surface area contributed by atoms with Gasteiger partial charge in [-0.2, -0.15) is 4.31 Å². The summed E-state index contributed by atoms with van der Waals surface area (Å²) in [7, 11) is 0. The summed E-state index contributed by atoms with van der Waals surface area (Å²) in [6.07, 6.45) is 1.98. The Hall–Kier alpha value is -0.890. The Bertz CT molecular complexity index is 497. The minimum Gasteiger partial charge on any atom is -0.459 e. The van der Waals surface area contributed by atoms with Crippen molar-refractivity contribution >= 4 is 29.0 Å². The molecule has 0 spiro atoms. The normalized spacial score (nSPS) is 13.2. The third-order valence-corrected chi connectivity index (χ3v) is 3.91. The van der Waals surface area contributed by atoms with Gasteiger partial charge in [-0.15, -0.1) is 11.8 Å². The highest BCUT2D eigenvalue weighted by Gasteiger charge is 2.21. The second kappa shape index (κ2) is 7.93. The maximum absolute atomic E-state index is 11.8. The topological polar surface area (TPSA) is 66.8 Å². The lowest BCUT2D eigenvalue weighted by molar-refractivity contribution is -0.155. The molecular weight excluding hydrogens is 310 g/mol. The number of hydrogen-bond acceptors (Lipinski definition) is 4. The molecular formula is C14H21NO4S2. The van der Waals surface area contributed by atoms with Crippen molar-refractivity contribution in [2.45, 2.75) is 37.8 Å². The van der Waals surface area contributed by atoms with Gasteiger partial charge in [-0.1, -0.05) is 12.1 Å². The molecule has 0 aliphatic rings. The van der Waals surface area contributed by atoms with Crippen LogP contribution in [0.5, 0.6) is 0 Å². The van der Waals surface area contributed by atoms with Crippen LogP contribution < -0.4 is 0 Å². The molecule has 5 nitrogen and oxygen atoms in total. The summed E-state index contributed by atoms with van der Waals surface area (Å²) < 4.78 is 27.0. The number of ether oxygens (including phenoxy) is 1. The quantitative estimate of drug-likeness (QED) is 0.493. The summed E-state index contributed by atoms with van der Waals surface area (Å²) in [6, 6.07) is 7.62. The van der Waals surface area contributed by atoms with Gasteiger partial charge in [0.05, 0.1) is 0 Å². The number of carbonyl (C=O) groups excluding carboxylic acids is 1. The zero-order chi connectivity index (χ0) is 16.0. The number of esters is 1. The van der Waals surface area contributed by atoms with Crippen LogP contribution in [0.2, 0.25) is 0 Å². The van der Waals surface area contributed by atoms with Crippen molar-refractivity contribution in [3.63, 3.8) is 0 Å². The summed E-state index contributed by atoms with van der Waals surface area (Å²) in [5.41, 5.74) is 0.249. The average Bonchev–Trinajstić information content (AvgIpc) is 2.36. The van der Waals surface area contributed by atoms with Gasteiger partial charge in [-0.3, -0.25) is 9.35 Å². The van der Waals surface area contributed by atoms with E-state index in [1.165, 1.54) is 0 Å². The van der Waals surface area contributed by atoms with Crippen molar-refractivity contribution in [3.8, 4) is 0 Å². The first kappa shape index (κ1) is 18.2. The molecule has 0 saturated heterocycles. The molecule has 1 rings (SSSR count). The molecule has 1 aromatic rings. The summed E-state index contributed by atoms with van der Waals surface area (Å²) in [5.74, 6) is -0.523. The van der Waals surface area contributed by atoms with Crippen molar-refractivity contribution in [2.75, 3.05) is 12.8 Å². The van der Waals surface area contributed by atoms with Gasteiger partial charge < -0.3 is 4.74 Å². The van der Waals surface area contributed by atoms with Crippen LogP contribution in [0, 0.1) is 0 Å². The second-order valence-electron chi connectivity index (χ2n) is 5.46. The number of thioether (sulfide) groups is 1. The fraction of sp³-hybridized carbons (Fsp3) is 0.500. The molecule has 1 aromatic carbocycles. The van der Waals surface area contributed by atoms with Crippen LogP contribution in [-0.4, -0.2) is 37.4 Å². The monoisotopic (exact) mass is 331 g/mol. The molecule has 118 valence electrons. The summed E-state index contributed by atoms with van der Waals surface area (Å²) in [4.78, 5) is 12.9. The van der Waals surface area contributed by atoms with Crippen LogP contribution in [0.1, 0.15) is 26.3 Å². The molecule has 0 aliphatic carbocycles. The zero-order valence-electron chi connectivity index (χ0n) is 12.7. The van der Waals surface area contributed by atoms with Gasteiger partial charge in [0.1, 0.15) is 12.1 Å². The second-order valence-corrected chi connectivity index (χ2v) is 7.32. The van der Waals surface area contributed by atoms with Gasteiger partial charge in [-0.25, -0.2) is 4.21 Å². The van der Waals surface area contributed by atoms with Gasteiger partial charge in [-0.05, 0) is 44.7 Å². The van der Waals surface area contributed by atoms with Gasteiger partial charge in [0.2, 0.25) is 11.3 Å². The van der Waals surface area contributed by atoms with E-state index in [2.05, 4.69) is 0 Å². The minimum atomic E-state index is -2.23. The van der Waals surface area contributed by atoms with E-state index >= 15 is 0 Å². The first-order chi connectivity index (χ1) is 9.71. The van der Waals surface area contributed by atoms with Crippen LogP contribution in [0.25, 0.3) is 0 Å². The smallest absolute Gasteiger partial charge is 0.321 e. The van der Waals surface area contributed by atoms with Gasteiger partial charge >= 0.3 is 5.97 Å². The largest absolute Gasteiger partial charge is 0.459 e. The van der Waals surface area contributed by atoms with Crippen molar-refractivity contribution in [3.05, 3.63) is 29.8 Å². The fourth-order valence-corrected chi connectivity index (χ4v) is 2.50. The number of nitrogens with zero attached hydrogens (tertiary/aromatic N) is 1. The molecule has 0 aliphatic heterocycles. The molecule has 0 fully saturated rings. The molecule has 0 radical (unpaired) electrons. The summed E-state index contributed by atoms with van der Waals surface area (Å²) in [5, 5.41) is 0. The molecule has 21 heavy (non-hydrogen) atoms. The Morgan fingerprint density at radius 2 is 1.90 bits per heavy atom. The Morgan fingerprint density at radius 1 is 1.33 bits per heavy atom. The van der Waals surface area contributed by atoms with Gasteiger partial charge in [0.25, 0.3) is 0 Å². The Labute approximate surface area is 132 Å². The van der Waals surface area contributed by atoms with Gasteiger partial charge in [0.15, 0.2) is 0 Å². The van der Waals surface area contributed by atoms with E-state index < -0.39 is 22.8 Å². The first-order valence-corrected chi connectivity index (χ1v) is 8.71. The number of benzene rings is 1. The maximum Gasteiger partial charge on any atom is 0.321 e. The molecule has 1 unspecified atom stereocenters. The highest BCUT2D eigenvalue weighted by atomic mass is 32.2. The number of rotatable bonds is 6. The van der Waals surface area contributed by atoms with E-state index in [1.54, 1.807) is 32.5 Å². The van der Waals surface area contributed by atoms with Crippen LogP contribution in [0.3, 0.4) is 0 Å². The Kier molecular flexibility index (Phi) is 6.86.